The van der Waals surface area contributed by atoms with Gasteiger partial charge in [-0.05, 0) is 18.9 Å². The van der Waals surface area contributed by atoms with Crippen LogP contribution in [-0.2, 0) is 25.5 Å². The largest absolute Gasteiger partial charge is 0.468 e. The molecular formula is C18H21F3N2O5. The summed E-state index contributed by atoms with van der Waals surface area (Å²) >= 11 is 0. The van der Waals surface area contributed by atoms with E-state index in [9.17, 15) is 27.6 Å². The van der Waals surface area contributed by atoms with Crippen LogP contribution in [0.25, 0.3) is 0 Å². The zero-order valence-electron chi connectivity index (χ0n) is 15.4. The number of imide groups is 1. The van der Waals surface area contributed by atoms with Crippen molar-refractivity contribution >= 4 is 18.0 Å². The maximum Gasteiger partial charge on any atom is 0.416 e. The van der Waals surface area contributed by atoms with E-state index in [-0.39, 0.29) is 13.0 Å². The number of carbonyl (C=O) groups is 3. The molecule has 3 atom stereocenters. The number of nitrogens with one attached hydrogen (secondary N) is 1. The number of hydrogen-bond donors (Lipinski definition) is 1. The minimum absolute atomic E-state index is 0.0951. The second-order valence-corrected chi connectivity index (χ2v) is 6.39. The highest BCUT2D eigenvalue weighted by Gasteiger charge is 2.46. The number of benzene rings is 1. The first-order valence-corrected chi connectivity index (χ1v) is 8.56. The first-order valence-electron chi connectivity index (χ1n) is 8.56. The molecule has 2 amide bonds. The van der Waals surface area contributed by atoms with E-state index in [0.29, 0.717) is 0 Å². The molecular weight excluding hydrogens is 381 g/mol. The van der Waals surface area contributed by atoms with Crippen LogP contribution >= 0.6 is 0 Å². The highest BCUT2D eigenvalue weighted by molar-refractivity contribution is 5.94. The van der Waals surface area contributed by atoms with E-state index in [1.807, 2.05) is 5.32 Å². The second kappa shape index (κ2) is 9.05. The highest BCUT2D eigenvalue weighted by Crippen LogP contribution is 2.26. The monoisotopic (exact) mass is 402 g/mol. The van der Waals surface area contributed by atoms with Gasteiger partial charge in [-0.25, -0.2) is 9.69 Å². The van der Waals surface area contributed by atoms with Crippen molar-refractivity contribution in [2.24, 2.45) is 0 Å². The molecule has 0 saturated carbocycles. The lowest BCUT2D eigenvalue weighted by Crippen LogP contribution is -2.52. The predicted octanol–water partition coefficient (Wildman–Crippen LogP) is 2.05. The topological polar surface area (TPSA) is 84.9 Å². The van der Waals surface area contributed by atoms with Gasteiger partial charge in [-0.3, -0.25) is 14.9 Å². The molecule has 7 nitrogen and oxygen atoms in total. The third-order valence-electron chi connectivity index (χ3n) is 4.32. The molecule has 1 aliphatic heterocycles. The smallest absolute Gasteiger partial charge is 0.416 e. The first-order chi connectivity index (χ1) is 13.1. The lowest BCUT2D eigenvalue weighted by Gasteiger charge is -2.26. The van der Waals surface area contributed by atoms with Gasteiger partial charge in [0.2, 0.25) is 5.91 Å². The number of cyclic esters (lactones) is 1. The summed E-state index contributed by atoms with van der Waals surface area (Å²) in [5.74, 6) is -1.93. The summed E-state index contributed by atoms with van der Waals surface area (Å²) in [7, 11) is 1.04. The zero-order valence-corrected chi connectivity index (χ0v) is 15.4. The van der Waals surface area contributed by atoms with Crippen molar-refractivity contribution in [2.75, 3.05) is 13.7 Å². The standard InChI is InChI=1S/C18H21F3N2O5/c1-11(16(25)27-2)22-14(18(19,20)21)9-15(24)23-13(10-28-17(23)26)8-12-6-4-3-5-7-12/h3-7,11,13-14,22H,8-10H2,1-2H3/t11-,13-,14-/m0/s1. The maximum atomic E-state index is 13.3. The van der Waals surface area contributed by atoms with Crippen LogP contribution in [0.1, 0.15) is 18.9 Å². The lowest BCUT2D eigenvalue weighted by atomic mass is 10.0. The van der Waals surface area contributed by atoms with Gasteiger partial charge in [-0.1, -0.05) is 30.3 Å². The summed E-state index contributed by atoms with van der Waals surface area (Å²) in [6.45, 7) is 1.10. The Hall–Kier alpha value is -2.62. The van der Waals surface area contributed by atoms with Gasteiger partial charge >= 0.3 is 18.2 Å². The minimum atomic E-state index is -4.81. The number of amides is 2. The number of nitrogens with zero attached hydrogens (tertiary/aromatic N) is 1. The molecule has 0 spiro atoms. The molecule has 2 rings (SSSR count). The second-order valence-electron chi connectivity index (χ2n) is 6.39. The molecule has 154 valence electrons. The van der Waals surface area contributed by atoms with Crippen LogP contribution in [0.5, 0.6) is 0 Å². The molecule has 0 unspecified atom stereocenters. The Morgan fingerprint density at radius 1 is 1.32 bits per heavy atom. The van der Waals surface area contributed by atoms with E-state index >= 15 is 0 Å². The Labute approximate surface area is 159 Å². The molecule has 1 N–H and O–H groups in total. The van der Waals surface area contributed by atoms with Crippen molar-refractivity contribution in [3.8, 4) is 0 Å². The van der Waals surface area contributed by atoms with Gasteiger partial charge < -0.3 is 9.47 Å². The molecule has 1 fully saturated rings. The third kappa shape index (κ3) is 5.44. The van der Waals surface area contributed by atoms with E-state index < -0.39 is 48.7 Å². The maximum absolute atomic E-state index is 13.3. The molecule has 1 aliphatic rings. The third-order valence-corrected chi connectivity index (χ3v) is 4.32. The number of methoxy groups -OCH3 is 1. The van der Waals surface area contributed by atoms with Crippen LogP contribution in [0.4, 0.5) is 18.0 Å². The van der Waals surface area contributed by atoms with E-state index in [1.165, 1.54) is 6.92 Å². The fraction of sp³-hybridized carbons (Fsp3) is 0.500. The fourth-order valence-corrected chi connectivity index (χ4v) is 2.89. The van der Waals surface area contributed by atoms with Crippen LogP contribution in [0.3, 0.4) is 0 Å². The van der Waals surface area contributed by atoms with Gasteiger partial charge in [-0.2, -0.15) is 13.2 Å². The average molecular weight is 402 g/mol. The SMILES string of the molecule is COC(=O)[C@H](C)N[C@@H](CC(=O)N1C(=O)OC[C@@H]1Cc1ccccc1)C(F)(F)F. The molecule has 1 saturated heterocycles. The molecule has 1 heterocycles. The number of rotatable bonds is 7. The normalized spacial score (nSPS) is 19.1. The van der Waals surface area contributed by atoms with Gasteiger partial charge in [0, 0.05) is 0 Å². The number of alkyl halides is 3. The summed E-state index contributed by atoms with van der Waals surface area (Å²) in [5.41, 5.74) is 0.813. The van der Waals surface area contributed by atoms with Gasteiger partial charge in [-0.15, -0.1) is 0 Å². The van der Waals surface area contributed by atoms with Crippen molar-refractivity contribution in [2.45, 2.75) is 44.1 Å². The predicted molar refractivity (Wildman–Crippen MR) is 91.2 cm³/mol. The molecule has 0 aliphatic carbocycles. The van der Waals surface area contributed by atoms with Crippen LogP contribution in [0.15, 0.2) is 30.3 Å². The van der Waals surface area contributed by atoms with Crippen molar-refractivity contribution in [3.05, 3.63) is 35.9 Å². The van der Waals surface area contributed by atoms with Crippen LogP contribution in [0.2, 0.25) is 0 Å². The summed E-state index contributed by atoms with van der Waals surface area (Å²) < 4.78 is 49.3. The van der Waals surface area contributed by atoms with Crippen molar-refractivity contribution < 1.29 is 37.0 Å². The van der Waals surface area contributed by atoms with E-state index in [4.69, 9.17) is 4.74 Å². The Kier molecular flexibility index (Phi) is 7.00. The lowest BCUT2D eigenvalue weighted by molar-refractivity contribution is -0.168. The molecule has 0 radical (unpaired) electrons. The van der Waals surface area contributed by atoms with Crippen LogP contribution in [0, 0.1) is 0 Å². The quantitative estimate of drug-likeness (QED) is 0.703. The zero-order chi connectivity index (χ0) is 20.9. The van der Waals surface area contributed by atoms with Crippen molar-refractivity contribution in [1.29, 1.82) is 0 Å². The highest BCUT2D eigenvalue weighted by atomic mass is 19.4. The van der Waals surface area contributed by atoms with Crippen molar-refractivity contribution in [1.82, 2.24) is 10.2 Å². The fourth-order valence-electron chi connectivity index (χ4n) is 2.89. The van der Waals surface area contributed by atoms with Gasteiger partial charge in [0.15, 0.2) is 0 Å². The van der Waals surface area contributed by atoms with Crippen molar-refractivity contribution in [3.63, 3.8) is 0 Å². The Balaban J connectivity index is 2.11. The summed E-state index contributed by atoms with van der Waals surface area (Å²) in [6, 6.07) is 4.61. The average Bonchev–Trinajstić information content (AvgIpc) is 3.00. The molecule has 1 aromatic carbocycles. The molecule has 28 heavy (non-hydrogen) atoms. The molecule has 0 aromatic heterocycles. The Morgan fingerprint density at radius 2 is 1.96 bits per heavy atom. The van der Waals surface area contributed by atoms with E-state index in [0.717, 1.165) is 17.6 Å². The Bertz CT molecular complexity index is 711. The number of halogens is 3. The number of ether oxygens (including phenoxy) is 2. The van der Waals surface area contributed by atoms with Gasteiger partial charge in [0.25, 0.3) is 0 Å². The Morgan fingerprint density at radius 3 is 2.54 bits per heavy atom. The molecule has 1 aromatic rings. The molecule has 10 heteroatoms. The van der Waals surface area contributed by atoms with E-state index in [1.54, 1.807) is 30.3 Å². The summed E-state index contributed by atoms with van der Waals surface area (Å²) in [6.07, 6.45) is -6.57. The van der Waals surface area contributed by atoms with Crippen LogP contribution in [-0.4, -0.2) is 60.9 Å². The number of carbonyl (C=O) groups excluding carboxylic acids is 3. The first kappa shape index (κ1) is 21.7. The van der Waals surface area contributed by atoms with Gasteiger partial charge in [0.1, 0.15) is 18.7 Å². The van der Waals surface area contributed by atoms with Crippen LogP contribution < -0.4 is 5.32 Å². The summed E-state index contributed by atoms with van der Waals surface area (Å²) in [5, 5.41) is 2.04. The minimum Gasteiger partial charge on any atom is -0.468 e. The van der Waals surface area contributed by atoms with Gasteiger partial charge in [0.05, 0.1) is 19.6 Å². The number of esters is 1. The number of hydrogen-bond acceptors (Lipinski definition) is 6. The molecule has 0 bridgehead atoms. The van der Waals surface area contributed by atoms with E-state index in [2.05, 4.69) is 4.74 Å². The summed E-state index contributed by atoms with van der Waals surface area (Å²) in [4.78, 5) is 36.6.